The molecule has 1 aromatic heterocycles. The van der Waals surface area contributed by atoms with Gasteiger partial charge >= 0.3 is 0 Å². The number of rotatable bonds is 1. The third-order valence-corrected chi connectivity index (χ3v) is 1.19. The number of nitrogens with zero attached hydrogens (tertiary/aromatic N) is 1. The second kappa shape index (κ2) is 2.36. The average Bonchev–Trinajstić information content (AvgIpc) is 2.30. The van der Waals surface area contributed by atoms with Crippen LogP contribution in [0.2, 0.25) is 0 Å². The molecule has 3 nitrogen and oxygen atoms in total. The van der Waals surface area contributed by atoms with E-state index in [1.54, 1.807) is 13.0 Å². The Morgan fingerprint density at radius 2 is 2.50 bits per heavy atom. The van der Waals surface area contributed by atoms with E-state index in [1.807, 2.05) is 0 Å². The lowest BCUT2D eigenvalue weighted by atomic mass is 10.3. The van der Waals surface area contributed by atoms with Gasteiger partial charge in [0.05, 0.1) is 5.56 Å². The van der Waals surface area contributed by atoms with Crippen molar-refractivity contribution < 1.29 is 9.21 Å². The number of carbonyl (C=O) groups is 1. The summed E-state index contributed by atoms with van der Waals surface area (Å²) in [5.41, 5.74) is 0.441. The molecule has 0 fully saturated rings. The van der Waals surface area contributed by atoms with Gasteiger partial charge in [0.1, 0.15) is 11.8 Å². The largest absolute Gasteiger partial charge is 0.450 e. The highest BCUT2D eigenvalue weighted by Gasteiger charge is 2.03. The minimum atomic E-state index is 0.180. The first-order valence-electron chi connectivity index (χ1n) is 2.73. The van der Waals surface area contributed by atoms with E-state index in [1.165, 1.54) is 6.07 Å². The molecule has 0 aromatic carbocycles. The van der Waals surface area contributed by atoms with Crippen LogP contribution in [0.1, 0.15) is 21.9 Å². The molecular formula is C7H5NO2. The Bertz CT molecular complexity index is 293. The van der Waals surface area contributed by atoms with Crippen molar-refractivity contribution in [1.82, 2.24) is 0 Å². The van der Waals surface area contributed by atoms with E-state index < -0.39 is 0 Å². The van der Waals surface area contributed by atoms with Crippen molar-refractivity contribution in [1.29, 1.82) is 5.26 Å². The van der Waals surface area contributed by atoms with Crippen LogP contribution in [0, 0.1) is 18.3 Å². The van der Waals surface area contributed by atoms with Gasteiger partial charge in [-0.25, -0.2) is 0 Å². The zero-order chi connectivity index (χ0) is 7.56. The molecule has 0 unspecified atom stereocenters. The quantitative estimate of drug-likeness (QED) is 0.545. The van der Waals surface area contributed by atoms with Gasteiger partial charge in [0.25, 0.3) is 0 Å². The monoisotopic (exact) mass is 135 g/mol. The van der Waals surface area contributed by atoms with E-state index in [0.29, 0.717) is 17.6 Å². The molecule has 0 atom stereocenters. The molecule has 1 rings (SSSR count). The van der Waals surface area contributed by atoms with Gasteiger partial charge in [0.15, 0.2) is 6.29 Å². The van der Waals surface area contributed by atoms with Crippen LogP contribution in [0.25, 0.3) is 0 Å². The van der Waals surface area contributed by atoms with Crippen LogP contribution >= 0.6 is 0 Å². The summed E-state index contributed by atoms with van der Waals surface area (Å²) in [6.45, 7) is 1.64. The molecule has 0 saturated carbocycles. The summed E-state index contributed by atoms with van der Waals surface area (Å²) >= 11 is 0. The zero-order valence-electron chi connectivity index (χ0n) is 5.42. The summed E-state index contributed by atoms with van der Waals surface area (Å²) < 4.78 is 4.86. The van der Waals surface area contributed by atoms with Crippen molar-refractivity contribution in [3.05, 3.63) is 23.2 Å². The lowest BCUT2D eigenvalue weighted by molar-refractivity contribution is 0.112. The fourth-order valence-electron chi connectivity index (χ4n) is 0.668. The van der Waals surface area contributed by atoms with E-state index in [4.69, 9.17) is 9.68 Å². The number of hydrogen-bond acceptors (Lipinski definition) is 3. The van der Waals surface area contributed by atoms with Crippen LogP contribution in [-0.2, 0) is 0 Å². The molecule has 3 heteroatoms. The summed E-state index contributed by atoms with van der Waals surface area (Å²) in [7, 11) is 0. The predicted molar refractivity (Wildman–Crippen MR) is 33.5 cm³/mol. The highest BCUT2D eigenvalue weighted by atomic mass is 16.3. The Balaban J connectivity index is 3.19. The Kier molecular flexibility index (Phi) is 1.55. The first-order chi connectivity index (χ1) is 4.77. The van der Waals surface area contributed by atoms with E-state index in [-0.39, 0.29) is 5.76 Å². The topological polar surface area (TPSA) is 54.0 Å². The third-order valence-electron chi connectivity index (χ3n) is 1.19. The van der Waals surface area contributed by atoms with E-state index in [2.05, 4.69) is 0 Å². The average molecular weight is 135 g/mol. The molecule has 0 saturated heterocycles. The summed E-state index contributed by atoms with van der Waals surface area (Å²) in [5, 5.41) is 8.31. The highest BCUT2D eigenvalue weighted by molar-refractivity contribution is 5.76. The van der Waals surface area contributed by atoms with Crippen LogP contribution in [-0.4, -0.2) is 6.29 Å². The van der Waals surface area contributed by atoms with E-state index >= 15 is 0 Å². The SMILES string of the molecule is Cc1oc(C#N)cc1C=O. The van der Waals surface area contributed by atoms with Crippen LogP contribution in [0.4, 0.5) is 0 Å². The first kappa shape index (κ1) is 6.56. The van der Waals surface area contributed by atoms with Crippen LogP contribution in [0.15, 0.2) is 10.5 Å². The minimum absolute atomic E-state index is 0.180. The van der Waals surface area contributed by atoms with Crippen LogP contribution in [0.5, 0.6) is 0 Å². The van der Waals surface area contributed by atoms with Crippen molar-refractivity contribution in [3.63, 3.8) is 0 Å². The molecule has 10 heavy (non-hydrogen) atoms. The van der Waals surface area contributed by atoms with Crippen molar-refractivity contribution in [2.24, 2.45) is 0 Å². The van der Waals surface area contributed by atoms with E-state index in [0.717, 1.165) is 0 Å². The van der Waals surface area contributed by atoms with E-state index in [9.17, 15) is 4.79 Å². The zero-order valence-corrected chi connectivity index (χ0v) is 5.42. The molecule has 0 amide bonds. The maximum Gasteiger partial charge on any atom is 0.204 e. The van der Waals surface area contributed by atoms with Gasteiger partial charge in [-0.3, -0.25) is 4.79 Å². The fourth-order valence-corrected chi connectivity index (χ4v) is 0.668. The predicted octanol–water partition coefficient (Wildman–Crippen LogP) is 1.27. The molecule has 0 aliphatic rings. The molecule has 0 N–H and O–H groups in total. The highest BCUT2D eigenvalue weighted by Crippen LogP contribution is 2.10. The minimum Gasteiger partial charge on any atom is -0.450 e. The van der Waals surface area contributed by atoms with Crippen molar-refractivity contribution in [2.75, 3.05) is 0 Å². The lowest BCUT2D eigenvalue weighted by Gasteiger charge is -1.79. The molecule has 0 bridgehead atoms. The Morgan fingerprint density at radius 3 is 2.80 bits per heavy atom. The lowest BCUT2D eigenvalue weighted by Crippen LogP contribution is -1.74. The number of furan rings is 1. The number of carbonyl (C=O) groups excluding carboxylic acids is 1. The second-order valence-electron chi connectivity index (χ2n) is 1.85. The summed E-state index contributed by atoms with van der Waals surface area (Å²) in [6.07, 6.45) is 0.666. The van der Waals surface area contributed by atoms with Crippen LogP contribution in [0.3, 0.4) is 0 Å². The normalized spacial score (nSPS) is 8.80. The van der Waals surface area contributed by atoms with Crippen molar-refractivity contribution in [2.45, 2.75) is 6.92 Å². The molecule has 50 valence electrons. The number of hydrogen-bond donors (Lipinski definition) is 0. The molecule has 0 aliphatic carbocycles. The number of nitriles is 1. The maximum atomic E-state index is 10.2. The van der Waals surface area contributed by atoms with Gasteiger partial charge in [-0.2, -0.15) is 5.26 Å². The third kappa shape index (κ3) is 0.914. The van der Waals surface area contributed by atoms with Gasteiger partial charge in [0.2, 0.25) is 5.76 Å². The number of aryl methyl sites for hydroxylation is 1. The number of aldehydes is 1. The smallest absolute Gasteiger partial charge is 0.204 e. The summed E-state index contributed by atoms with van der Waals surface area (Å²) in [4.78, 5) is 10.2. The molecule has 1 heterocycles. The van der Waals surface area contributed by atoms with Crippen LogP contribution < -0.4 is 0 Å². The summed E-state index contributed by atoms with van der Waals surface area (Å²) in [6, 6.07) is 3.22. The van der Waals surface area contributed by atoms with Gasteiger partial charge in [-0.1, -0.05) is 0 Å². The van der Waals surface area contributed by atoms with Crippen molar-refractivity contribution >= 4 is 6.29 Å². The molecule has 0 radical (unpaired) electrons. The van der Waals surface area contributed by atoms with Gasteiger partial charge < -0.3 is 4.42 Å². The maximum absolute atomic E-state index is 10.2. The molecule has 1 aromatic rings. The first-order valence-corrected chi connectivity index (χ1v) is 2.73. The molecule has 0 aliphatic heterocycles. The Hall–Kier alpha value is -1.56. The Morgan fingerprint density at radius 1 is 1.80 bits per heavy atom. The van der Waals surface area contributed by atoms with Gasteiger partial charge in [0, 0.05) is 6.07 Å². The molecular weight excluding hydrogens is 130 g/mol. The molecule has 0 spiro atoms. The Labute approximate surface area is 57.9 Å². The fraction of sp³-hybridized carbons (Fsp3) is 0.143. The second-order valence-corrected chi connectivity index (χ2v) is 1.85. The van der Waals surface area contributed by atoms with Crippen molar-refractivity contribution in [3.8, 4) is 6.07 Å². The summed E-state index contributed by atoms with van der Waals surface area (Å²) in [5.74, 6) is 0.672. The van der Waals surface area contributed by atoms with Gasteiger partial charge in [-0.15, -0.1) is 0 Å². The standard InChI is InChI=1S/C7H5NO2/c1-5-6(4-9)2-7(3-8)10-5/h2,4H,1H3. The van der Waals surface area contributed by atoms with Gasteiger partial charge in [-0.05, 0) is 6.92 Å².